The van der Waals surface area contributed by atoms with E-state index in [0.29, 0.717) is 10.7 Å². The maximum Gasteiger partial charge on any atom is 0.0134 e. The molecule has 0 aliphatic heterocycles. The van der Waals surface area contributed by atoms with Crippen LogP contribution < -0.4 is 0 Å². The molecule has 0 aromatic heterocycles. The van der Waals surface area contributed by atoms with Crippen LogP contribution in [0.3, 0.4) is 0 Å². The molecule has 55 valence electrons. The second-order valence-electron chi connectivity index (χ2n) is 3.22. The van der Waals surface area contributed by atoms with Gasteiger partial charge in [0, 0.05) is 4.75 Å². The third-order valence-electron chi connectivity index (χ3n) is 1.26. The van der Waals surface area contributed by atoms with Crippen LogP contribution in [0, 0.1) is 12.3 Å². The van der Waals surface area contributed by atoms with Gasteiger partial charge in [-0.1, -0.05) is 27.7 Å². The van der Waals surface area contributed by atoms with Gasteiger partial charge in [0.1, 0.15) is 0 Å². The average molecular weight is 145 g/mol. The number of thioether (sulfide) groups is 1. The van der Waals surface area contributed by atoms with Crippen LogP contribution >= 0.6 is 11.8 Å². The Morgan fingerprint density at radius 1 is 1.33 bits per heavy atom. The van der Waals surface area contributed by atoms with Gasteiger partial charge in [0.15, 0.2) is 0 Å². The van der Waals surface area contributed by atoms with Crippen molar-refractivity contribution in [1.82, 2.24) is 0 Å². The molecule has 0 aromatic carbocycles. The van der Waals surface area contributed by atoms with E-state index in [1.54, 1.807) is 0 Å². The van der Waals surface area contributed by atoms with Crippen LogP contribution in [-0.4, -0.2) is 11.0 Å². The van der Waals surface area contributed by atoms with Gasteiger partial charge in [0.2, 0.25) is 0 Å². The molecular weight excluding hydrogens is 128 g/mol. The summed E-state index contributed by atoms with van der Waals surface area (Å²) in [5, 5.41) is 0. The smallest absolute Gasteiger partial charge is 0.0134 e. The Balaban J connectivity index is 3.58. The van der Waals surface area contributed by atoms with Crippen molar-refractivity contribution < 1.29 is 0 Å². The van der Waals surface area contributed by atoms with Gasteiger partial charge in [-0.05, 0) is 18.6 Å². The summed E-state index contributed by atoms with van der Waals surface area (Å²) in [4.78, 5) is 0. The quantitative estimate of drug-likeness (QED) is 0.588. The van der Waals surface area contributed by atoms with Gasteiger partial charge >= 0.3 is 0 Å². The van der Waals surface area contributed by atoms with Crippen LogP contribution in [0.15, 0.2) is 0 Å². The molecule has 0 aliphatic rings. The fraction of sp³-hybridized carbons (Fsp3) is 0.875. The Kier molecular flexibility index (Phi) is 3.64. The van der Waals surface area contributed by atoms with Gasteiger partial charge in [-0.25, -0.2) is 0 Å². The minimum atomic E-state index is 0.355. The minimum absolute atomic E-state index is 0.355. The van der Waals surface area contributed by atoms with Crippen LogP contribution in [0.4, 0.5) is 0 Å². The van der Waals surface area contributed by atoms with Crippen molar-refractivity contribution in [3.63, 3.8) is 0 Å². The highest BCUT2D eigenvalue weighted by Gasteiger charge is 2.17. The van der Waals surface area contributed by atoms with E-state index in [1.807, 2.05) is 11.8 Å². The molecule has 9 heavy (non-hydrogen) atoms. The lowest BCUT2D eigenvalue weighted by Crippen LogP contribution is -2.17. The molecule has 0 unspecified atom stereocenters. The molecule has 1 radical (unpaired) electrons. The molecule has 0 nitrogen and oxygen atoms in total. The Morgan fingerprint density at radius 2 is 1.78 bits per heavy atom. The topological polar surface area (TPSA) is 0 Å². The average Bonchev–Trinajstić information content (AvgIpc) is 1.63. The zero-order valence-electron chi connectivity index (χ0n) is 7.06. The van der Waals surface area contributed by atoms with E-state index in [9.17, 15) is 0 Å². The Hall–Kier alpha value is 0.350. The van der Waals surface area contributed by atoms with Crippen molar-refractivity contribution in [1.29, 1.82) is 0 Å². The zero-order valence-corrected chi connectivity index (χ0v) is 7.88. The summed E-state index contributed by atoms with van der Waals surface area (Å²) in [6, 6.07) is 0. The third-order valence-corrected chi connectivity index (χ3v) is 2.45. The predicted molar refractivity (Wildman–Crippen MR) is 46.7 cm³/mol. The summed E-state index contributed by atoms with van der Waals surface area (Å²) in [5.41, 5.74) is 0. The highest BCUT2D eigenvalue weighted by Crippen LogP contribution is 2.27. The maximum absolute atomic E-state index is 2.37. The van der Waals surface area contributed by atoms with Crippen molar-refractivity contribution >= 4 is 11.8 Å². The molecule has 0 aromatic rings. The van der Waals surface area contributed by atoms with Gasteiger partial charge in [0.05, 0.1) is 0 Å². The Labute approximate surface area is 63.4 Å². The van der Waals surface area contributed by atoms with Crippen molar-refractivity contribution in [2.75, 3.05) is 6.26 Å². The molecule has 0 saturated carbocycles. The van der Waals surface area contributed by atoms with Crippen molar-refractivity contribution in [2.24, 2.45) is 5.92 Å². The van der Waals surface area contributed by atoms with E-state index in [-0.39, 0.29) is 0 Å². The second kappa shape index (κ2) is 3.50. The normalized spacial score (nSPS) is 12.7. The fourth-order valence-electron chi connectivity index (χ4n) is 0.871. The van der Waals surface area contributed by atoms with Crippen molar-refractivity contribution in [3.05, 3.63) is 6.42 Å². The van der Waals surface area contributed by atoms with Gasteiger partial charge in [-0.3, -0.25) is 0 Å². The van der Waals surface area contributed by atoms with E-state index in [4.69, 9.17) is 0 Å². The molecule has 0 saturated heterocycles. The van der Waals surface area contributed by atoms with Crippen LogP contribution in [-0.2, 0) is 0 Å². The monoisotopic (exact) mass is 145 g/mol. The maximum atomic E-state index is 2.37. The van der Waals surface area contributed by atoms with Gasteiger partial charge < -0.3 is 0 Å². The van der Waals surface area contributed by atoms with E-state index < -0.39 is 0 Å². The number of hydrogen-bond acceptors (Lipinski definition) is 1. The lowest BCUT2D eigenvalue weighted by molar-refractivity contribution is 0.650. The Morgan fingerprint density at radius 3 is 1.89 bits per heavy atom. The van der Waals surface area contributed by atoms with Crippen LogP contribution in [0.5, 0.6) is 0 Å². The fourth-order valence-corrected chi connectivity index (χ4v) is 1.28. The predicted octanol–water partition coefficient (Wildman–Crippen LogP) is 2.99. The summed E-state index contributed by atoms with van der Waals surface area (Å²) in [6.45, 7) is 8.94. The van der Waals surface area contributed by atoms with Crippen molar-refractivity contribution in [3.8, 4) is 0 Å². The number of hydrogen-bond donors (Lipinski definition) is 0. The summed E-state index contributed by atoms with van der Waals surface area (Å²) in [5.74, 6) is 0.701. The third kappa shape index (κ3) is 4.83. The zero-order chi connectivity index (χ0) is 7.49. The van der Waals surface area contributed by atoms with Gasteiger partial charge in [-0.2, -0.15) is 11.8 Å². The molecule has 0 fully saturated rings. The van der Waals surface area contributed by atoms with E-state index in [1.165, 1.54) is 0 Å². The van der Waals surface area contributed by atoms with E-state index >= 15 is 0 Å². The lowest BCUT2D eigenvalue weighted by Gasteiger charge is -2.23. The summed E-state index contributed by atoms with van der Waals surface area (Å²) < 4.78 is 0.355. The summed E-state index contributed by atoms with van der Waals surface area (Å²) in [7, 11) is 0. The van der Waals surface area contributed by atoms with Crippen molar-refractivity contribution in [2.45, 2.75) is 32.4 Å². The summed E-state index contributed by atoms with van der Waals surface area (Å²) in [6.07, 6.45) is 4.52. The van der Waals surface area contributed by atoms with Crippen LogP contribution in [0.25, 0.3) is 0 Å². The Bertz CT molecular complexity index is 74.6. The molecule has 0 atom stereocenters. The van der Waals surface area contributed by atoms with Crippen LogP contribution in [0.1, 0.15) is 27.7 Å². The van der Waals surface area contributed by atoms with Gasteiger partial charge in [-0.15, -0.1) is 0 Å². The highest BCUT2D eigenvalue weighted by molar-refractivity contribution is 8.00. The summed E-state index contributed by atoms with van der Waals surface area (Å²) >= 11 is 1.90. The van der Waals surface area contributed by atoms with Gasteiger partial charge in [0.25, 0.3) is 0 Å². The first kappa shape index (κ1) is 9.35. The minimum Gasteiger partial charge on any atom is -0.159 e. The highest BCUT2D eigenvalue weighted by atomic mass is 32.2. The van der Waals surface area contributed by atoms with E-state index in [2.05, 4.69) is 40.4 Å². The molecule has 0 aliphatic carbocycles. The first-order valence-electron chi connectivity index (χ1n) is 3.39. The molecular formula is C8H17S. The molecule has 0 heterocycles. The molecule has 0 rings (SSSR count). The van der Waals surface area contributed by atoms with Crippen LogP contribution in [0.2, 0.25) is 0 Å². The number of rotatable bonds is 3. The molecule has 0 spiro atoms. The van der Waals surface area contributed by atoms with E-state index in [0.717, 1.165) is 0 Å². The molecule has 0 amide bonds. The second-order valence-corrected chi connectivity index (χ2v) is 4.68. The first-order valence-corrected chi connectivity index (χ1v) is 4.61. The molecule has 0 bridgehead atoms. The largest absolute Gasteiger partial charge is 0.159 e. The lowest BCUT2D eigenvalue weighted by atomic mass is 10.0. The molecule has 0 N–H and O–H groups in total. The molecule has 1 heteroatoms. The SMILES string of the molecule is CSC(C)(C)[CH]C(C)C. The first-order chi connectivity index (χ1) is 3.98. The standard InChI is InChI=1S/C8H17S/c1-7(2)6-8(3,4)9-5/h6-7H,1-5H3.